The monoisotopic (exact) mass is 204 g/mol. The van der Waals surface area contributed by atoms with Gasteiger partial charge in [0.2, 0.25) is 0 Å². The first kappa shape index (κ1) is 13.3. The minimum absolute atomic E-state index is 0.750. The standard InChI is InChI=1S/C12H25Cl/c1-10(2)6-5-7-12(9-13)8-11(3)4/h10-12H,5-9H2,1-4H3. The quantitative estimate of drug-likeness (QED) is 0.527. The second-order valence-corrected chi connectivity index (χ2v) is 5.28. The van der Waals surface area contributed by atoms with Gasteiger partial charge in [-0.05, 0) is 30.6 Å². The number of halogens is 1. The second-order valence-electron chi connectivity index (χ2n) is 4.97. The van der Waals surface area contributed by atoms with Crippen molar-refractivity contribution in [2.45, 2.75) is 53.4 Å². The van der Waals surface area contributed by atoms with E-state index in [9.17, 15) is 0 Å². The Labute approximate surface area is 89.1 Å². The topological polar surface area (TPSA) is 0 Å². The SMILES string of the molecule is CC(C)CCCC(CCl)CC(C)C. The summed E-state index contributed by atoms with van der Waals surface area (Å²) in [5, 5.41) is 0. The van der Waals surface area contributed by atoms with Crippen LogP contribution in [-0.2, 0) is 0 Å². The summed E-state index contributed by atoms with van der Waals surface area (Å²) in [7, 11) is 0. The summed E-state index contributed by atoms with van der Waals surface area (Å²) in [4.78, 5) is 0. The molecule has 0 fully saturated rings. The van der Waals surface area contributed by atoms with E-state index in [1.165, 1.54) is 25.7 Å². The van der Waals surface area contributed by atoms with Gasteiger partial charge in [0.1, 0.15) is 0 Å². The highest BCUT2D eigenvalue weighted by Gasteiger charge is 2.09. The molecule has 0 bridgehead atoms. The van der Waals surface area contributed by atoms with Gasteiger partial charge in [-0.2, -0.15) is 0 Å². The van der Waals surface area contributed by atoms with Gasteiger partial charge in [0.25, 0.3) is 0 Å². The Balaban J connectivity index is 3.48. The molecule has 0 aliphatic carbocycles. The molecule has 1 atom stereocenters. The minimum Gasteiger partial charge on any atom is -0.126 e. The van der Waals surface area contributed by atoms with Crippen molar-refractivity contribution in [3.05, 3.63) is 0 Å². The first-order valence-electron chi connectivity index (χ1n) is 5.62. The summed E-state index contributed by atoms with van der Waals surface area (Å²) < 4.78 is 0. The lowest BCUT2D eigenvalue weighted by molar-refractivity contribution is 0.391. The van der Waals surface area contributed by atoms with Gasteiger partial charge in [-0.25, -0.2) is 0 Å². The van der Waals surface area contributed by atoms with Gasteiger partial charge >= 0.3 is 0 Å². The maximum atomic E-state index is 5.93. The number of hydrogen-bond acceptors (Lipinski definition) is 0. The van der Waals surface area contributed by atoms with E-state index in [0.29, 0.717) is 0 Å². The molecule has 0 amide bonds. The van der Waals surface area contributed by atoms with Gasteiger partial charge in [0, 0.05) is 5.88 Å². The van der Waals surface area contributed by atoms with Crippen LogP contribution < -0.4 is 0 Å². The molecule has 0 aromatic rings. The fourth-order valence-corrected chi connectivity index (χ4v) is 2.02. The third-order valence-electron chi connectivity index (χ3n) is 2.42. The number of rotatable bonds is 7. The first-order chi connectivity index (χ1) is 6.06. The van der Waals surface area contributed by atoms with Crippen LogP contribution in [-0.4, -0.2) is 5.88 Å². The summed E-state index contributed by atoms with van der Waals surface area (Å²) in [5.74, 6) is 3.23. The van der Waals surface area contributed by atoms with Gasteiger partial charge in [0.05, 0.1) is 0 Å². The van der Waals surface area contributed by atoms with E-state index in [2.05, 4.69) is 27.7 Å². The van der Waals surface area contributed by atoms with Crippen LogP contribution in [0.3, 0.4) is 0 Å². The molecule has 80 valence electrons. The third kappa shape index (κ3) is 8.62. The average molecular weight is 205 g/mol. The summed E-state index contributed by atoms with van der Waals surface area (Å²) in [6, 6.07) is 0. The van der Waals surface area contributed by atoms with Crippen LogP contribution in [0.15, 0.2) is 0 Å². The van der Waals surface area contributed by atoms with Crippen molar-refractivity contribution in [1.82, 2.24) is 0 Å². The predicted octanol–water partition coefficient (Wildman–Crippen LogP) is 4.71. The summed E-state index contributed by atoms with van der Waals surface area (Å²) >= 11 is 5.93. The van der Waals surface area contributed by atoms with E-state index in [1.807, 2.05) is 0 Å². The molecule has 0 saturated heterocycles. The van der Waals surface area contributed by atoms with E-state index < -0.39 is 0 Å². The lowest BCUT2D eigenvalue weighted by Gasteiger charge is -2.16. The van der Waals surface area contributed by atoms with Crippen molar-refractivity contribution in [3.8, 4) is 0 Å². The summed E-state index contributed by atoms with van der Waals surface area (Å²) in [6.07, 6.45) is 5.31. The maximum absolute atomic E-state index is 5.93. The molecule has 0 saturated carbocycles. The van der Waals surface area contributed by atoms with E-state index in [0.717, 1.165) is 23.6 Å². The van der Waals surface area contributed by atoms with E-state index >= 15 is 0 Å². The predicted molar refractivity (Wildman–Crippen MR) is 62.4 cm³/mol. The Morgan fingerprint density at radius 3 is 1.92 bits per heavy atom. The summed E-state index contributed by atoms with van der Waals surface area (Å²) in [6.45, 7) is 9.14. The van der Waals surface area contributed by atoms with Crippen molar-refractivity contribution >= 4 is 11.6 Å². The van der Waals surface area contributed by atoms with Crippen molar-refractivity contribution in [2.24, 2.45) is 17.8 Å². The van der Waals surface area contributed by atoms with E-state index in [1.54, 1.807) is 0 Å². The zero-order chi connectivity index (χ0) is 10.3. The molecule has 0 radical (unpaired) electrons. The molecular weight excluding hydrogens is 180 g/mol. The van der Waals surface area contributed by atoms with Crippen molar-refractivity contribution < 1.29 is 0 Å². The molecular formula is C12H25Cl. The first-order valence-corrected chi connectivity index (χ1v) is 6.15. The largest absolute Gasteiger partial charge is 0.126 e. The van der Waals surface area contributed by atoms with Crippen LogP contribution in [0.2, 0.25) is 0 Å². The highest BCUT2D eigenvalue weighted by atomic mass is 35.5. The molecule has 0 rings (SSSR count). The maximum Gasteiger partial charge on any atom is 0.0251 e. The molecule has 1 unspecified atom stereocenters. The Kier molecular flexibility index (Phi) is 7.84. The van der Waals surface area contributed by atoms with Crippen LogP contribution in [0, 0.1) is 17.8 Å². The molecule has 13 heavy (non-hydrogen) atoms. The third-order valence-corrected chi connectivity index (χ3v) is 2.85. The van der Waals surface area contributed by atoms with E-state index in [-0.39, 0.29) is 0 Å². The number of alkyl halides is 1. The zero-order valence-corrected chi connectivity index (χ0v) is 10.4. The molecule has 0 aliphatic rings. The minimum atomic E-state index is 0.750. The van der Waals surface area contributed by atoms with Crippen LogP contribution in [0.1, 0.15) is 53.4 Å². The van der Waals surface area contributed by atoms with E-state index in [4.69, 9.17) is 11.6 Å². The van der Waals surface area contributed by atoms with Crippen molar-refractivity contribution in [3.63, 3.8) is 0 Å². The molecule has 0 spiro atoms. The Bertz CT molecular complexity index is 108. The molecule has 1 heteroatoms. The van der Waals surface area contributed by atoms with Crippen LogP contribution in [0.5, 0.6) is 0 Å². The van der Waals surface area contributed by atoms with Gasteiger partial charge in [-0.3, -0.25) is 0 Å². The van der Waals surface area contributed by atoms with Gasteiger partial charge in [-0.15, -0.1) is 11.6 Å². The molecule has 0 nitrogen and oxygen atoms in total. The Hall–Kier alpha value is 0.290. The van der Waals surface area contributed by atoms with Crippen molar-refractivity contribution in [2.75, 3.05) is 5.88 Å². The Morgan fingerprint density at radius 1 is 0.923 bits per heavy atom. The molecule has 0 aliphatic heterocycles. The lowest BCUT2D eigenvalue weighted by Crippen LogP contribution is -2.06. The summed E-state index contributed by atoms with van der Waals surface area (Å²) in [5.41, 5.74) is 0. The molecule has 0 N–H and O–H groups in total. The molecule has 0 aromatic heterocycles. The fourth-order valence-electron chi connectivity index (χ4n) is 1.74. The van der Waals surface area contributed by atoms with Crippen LogP contribution >= 0.6 is 11.6 Å². The van der Waals surface area contributed by atoms with Crippen molar-refractivity contribution in [1.29, 1.82) is 0 Å². The lowest BCUT2D eigenvalue weighted by atomic mass is 9.92. The van der Waals surface area contributed by atoms with Gasteiger partial charge in [-0.1, -0.05) is 40.5 Å². The zero-order valence-electron chi connectivity index (χ0n) is 9.65. The van der Waals surface area contributed by atoms with Crippen LogP contribution in [0.25, 0.3) is 0 Å². The average Bonchev–Trinajstić information content (AvgIpc) is 2.01. The fraction of sp³-hybridized carbons (Fsp3) is 1.00. The molecule has 0 heterocycles. The van der Waals surface area contributed by atoms with Gasteiger partial charge < -0.3 is 0 Å². The second kappa shape index (κ2) is 7.67. The normalized spacial score (nSPS) is 14.1. The molecule has 0 aromatic carbocycles. The number of hydrogen-bond donors (Lipinski definition) is 0. The van der Waals surface area contributed by atoms with Gasteiger partial charge in [0.15, 0.2) is 0 Å². The Morgan fingerprint density at radius 2 is 1.54 bits per heavy atom. The highest BCUT2D eigenvalue weighted by molar-refractivity contribution is 6.18. The smallest absolute Gasteiger partial charge is 0.0251 e. The van der Waals surface area contributed by atoms with Crippen LogP contribution in [0.4, 0.5) is 0 Å². The highest BCUT2D eigenvalue weighted by Crippen LogP contribution is 2.20.